The molecule has 0 saturated heterocycles. The third kappa shape index (κ3) is 6.12. The van der Waals surface area contributed by atoms with Crippen LogP contribution in [0.2, 0.25) is 0 Å². The summed E-state index contributed by atoms with van der Waals surface area (Å²) in [5.74, 6) is -1.20. The molecule has 7 nitrogen and oxygen atoms in total. The van der Waals surface area contributed by atoms with Crippen molar-refractivity contribution in [2.24, 2.45) is 0 Å². The fraction of sp³-hybridized carbons (Fsp3) is 0.286. The summed E-state index contributed by atoms with van der Waals surface area (Å²) >= 11 is 0. The second-order valence-electron chi connectivity index (χ2n) is 6.74. The Morgan fingerprint density at radius 2 is 1.54 bits per heavy atom. The van der Waals surface area contributed by atoms with E-state index >= 15 is 0 Å². The smallest absolute Gasteiger partial charge is 0.312 e. The van der Waals surface area contributed by atoms with Crippen LogP contribution in [0.3, 0.4) is 0 Å². The van der Waals surface area contributed by atoms with E-state index < -0.39 is 18.3 Å². The Kier molecular flexibility index (Phi) is 6.76. The van der Waals surface area contributed by atoms with E-state index in [4.69, 9.17) is 9.84 Å². The molecule has 28 heavy (non-hydrogen) atoms. The van der Waals surface area contributed by atoms with Crippen LogP contribution >= 0.6 is 0 Å². The predicted octanol–water partition coefficient (Wildman–Crippen LogP) is 3.56. The molecule has 0 saturated carbocycles. The molecule has 0 fully saturated rings. The molecule has 2 rings (SSSR count). The van der Waals surface area contributed by atoms with Gasteiger partial charge in [0.05, 0.1) is 0 Å². The first-order valence-electron chi connectivity index (χ1n) is 8.78. The van der Waals surface area contributed by atoms with Crippen molar-refractivity contribution in [2.45, 2.75) is 40.7 Å². The number of amides is 2. The van der Waals surface area contributed by atoms with E-state index in [9.17, 15) is 14.4 Å². The van der Waals surface area contributed by atoms with Gasteiger partial charge >= 0.3 is 5.97 Å². The first kappa shape index (κ1) is 21.0. The van der Waals surface area contributed by atoms with Crippen molar-refractivity contribution in [1.29, 1.82) is 0 Å². The Balaban J connectivity index is 2.12. The van der Waals surface area contributed by atoms with E-state index in [2.05, 4.69) is 10.6 Å². The second-order valence-corrected chi connectivity index (χ2v) is 6.74. The molecular weight excluding hydrogens is 360 g/mol. The number of carboxylic acids is 1. The van der Waals surface area contributed by atoms with Crippen LogP contribution in [0.15, 0.2) is 30.3 Å². The summed E-state index contributed by atoms with van der Waals surface area (Å²) in [5.41, 5.74) is 4.81. The number of carbonyl (C=O) groups excluding carboxylic acids is 2. The summed E-state index contributed by atoms with van der Waals surface area (Å²) in [6.07, 6.45) is -0.583. The van der Waals surface area contributed by atoms with Gasteiger partial charge in [-0.25, -0.2) is 0 Å². The Morgan fingerprint density at radius 3 is 2.11 bits per heavy atom. The highest BCUT2D eigenvalue weighted by Crippen LogP contribution is 2.28. The average Bonchev–Trinajstić information content (AvgIpc) is 2.51. The van der Waals surface area contributed by atoms with Crippen LogP contribution in [-0.4, -0.2) is 22.9 Å². The quantitative estimate of drug-likeness (QED) is 0.633. The van der Waals surface area contributed by atoms with Crippen LogP contribution in [0, 0.1) is 20.8 Å². The number of hydrogen-bond acceptors (Lipinski definition) is 4. The van der Waals surface area contributed by atoms with Gasteiger partial charge in [-0.3, -0.25) is 14.4 Å². The maximum absolute atomic E-state index is 11.6. The predicted molar refractivity (Wildman–Crippen MR) is 107 cm³/mol. The maximum atomic E-state index is 11.6. The number of carboxylic acid groups (broad SMARTS) is 1. The summed E-state index contributed by atoms with van der Waals surface area (Å²) in [6, 6.07) is 9.20. The molecule has 0 atom stereocenters. The molecule has 2 aromatic rings. The van der Waals surface area contributed by atoms with Gasteiger partial charge < -0.3 is 20.5 Å². The van der Waals surface area contributed by atoms with Crippen molar-refractivity contribution in [3.05, 3.63) is 52.6 Å². The van der Waals surface area contributed by atoms with Gasteiger partial charge in [0.25, 0.3) is 0 Å². The third-order valence-corrected chi connectivity index (χ3v) is 3.90. The topological polar surface area (TPSA) is 105 Å². The summed E-state index contributed by atoms with van der Waals surface area (Å²) in [6.45, 7) is 7.44. The van der Waals surface area contributed by atoms with Crippen molar-refractivity contribution in [3.8, 4) is 5.75 Å². The number of carbonyl (C=O) groups is 3. The van der Waals surface area contributed by atoms with Crippen molar-refractivity contribution in [3.63, 3.8) is 0 Å². The highest BCUT2D eigenvalue weighted by Gasteiger charge is 2.12. The normalized spacial score (nSPS) is 10.3. The van der Waals surface area contributed by atoms with Crippen LogP contribution in [0.1, 0.15) is 35.6 Å². The second kappa shape index (κ2) is 9.03. The van der Waals surface area contributed by atoms with Crippen LogP contribution in [0.5, 0.6) is 5.75 Å². The van der Waals surface area contributed by atoms with E-state index in [1.54, 1.807) is 12.1 Å². The zero-order chi connectivity index (χ0) is 20.8. The van der Waals surface area contributed by atoms with E-state index in [0.29, 0.717) is 18.0 Å². The lowest BCUT2D eigenvalue weighted by atomic mass is 10.1. The number of ether oxygens (including phenoxy) is 1. The fourth-order valence-electron chi connectivity index (χ4n) is 2.97. The van der Waals surface area contributed by atoms with Gasteiger partial charge in [0.15, 0.2) is 0 Å². The molecule has 148 valence electrons. The average molecular weight is 384 g/mol. The molecule has 0 aliphatic carbocycles. The largest absolute Gasteiger partial charge is 0.488 e. The lowest BCUT2D eigenvalue weighted by molar-refractivity contribution is -0.139. The number of aliphatic carboxylic acids is 1. The van der Waals surface area contributed by atoms with E-state index in [0.717, 1.165) is 27.9 Å². The maximum Gasteiger partial charge on any atom is 0.312 e. The van der Waals surface area contributed by atoms with E-state index in [-0.39, 0.29) is 5.91 Å². The molecule has 2 amide bonds. The first-order valence-corrected chi connectivity index (χ1v) is 8.78. The number of aryl methyl sites for hydroxylation is 3. The fourth-order valence-corrected chi connectivity index (χ4v) is 2.97. The molecule has 3 N–H and O–H groups in total. The molecule has 0 bridgehead atoms. The van der Waals surface area contributed by atoms with Crippen LogP contribution in [0.25, 0.3) is 0 Å². The summed E-state index contributed by atoms with van der Waals surface area (Å²) in [5, 5.41) is 14.0. The number of hydrogen-bond donors (Lipinski definition) is 3. The minimum atomic E-state index is -1.18. The molecule has 0 aliphatic rings. The van der Waals surface area contributed by atoms with Gasteiger partial charge in [0.2, 0.25) is 11.8 Å². The summed E-state index contributed by atoms with van der Waals surface area (Å²) in [7, 11) is 0. The standard InChI is InChI=1S/C21H24N2O5/c1-12-5-16(9-17(6-12)22-15(4)24)11-28-21-13(2)7-18(8-14(21)3)23-19(25)10-20(26)27/h5-9H,10-11H2,1-4H3,(H,22,24)(H,23,25)(H,26,27). The van der Waals surface area contributed by atoms with Crippen molar-refractivity contribution in [2.75, 3.05) is 10.6 Å². The zero-order valence-electron chi connectivity index (χ0n) is 16.4. The lowest BCUT2D eigenvalue weighted by Crippen LogP contribution is -2.16. The number of anilines is 2. The highest BCUT2D eigenvalue weighted by molar-refractivity contribution is 6.01. The van der Waals surface area contributed by atoms with Gasteiger partial charge in [-0.1, -0.05) is 6.07 Å². The van der Waals surface area contributed by atoms with Gasteiger partial charge in [-0.2, -0.15) is 0 Å². The molecule has 0 heterocycles. The summed E-state index contributed by atoms with van der Waals surface area (Å²) < 4.78 is 5.97. The summed E-state index contributed by atoms with van der Waals surface area (Å²) in [4.78, 5) is 33.5. The van der Waals surface area contributed by atoms with Crippen molar-refractivity contribution in [1.82, 2.24) is 0 Å². The van der Waals surface area contributed by atoms with Crippen LogP contribution in [-0.2, 0) is 21.0 Å². The Labute approximate surface area is 163 Å². The van der Waals surface area contributed by atoms with Gasteiger partial charge in [-0.15, -0.1) is 0 Å². The minimum Gasteiger partial charge on any atom is -0.488 e. The monoisotopic (exact) mass is 384 g/mol. The molecule has 0 unspecified atom stereocenters. The highest BCUT2D eigenvalue weighted by atomic mass is 16.5. The van der Waals surface area contributed by atoms with Crippen molar-refractivity contribution >= 4 is 29.2 Å². The van der Waals surface area contributed by atoms with E-state index in [1.165, 1.54) is 6.92 Å². The molecule has 2 aromatic carbocycles. The molecular formula is C21H24N2O5. The third-order valence-electron chi connectivity index (χ3n) is 3.90. The van der Waals surface area contributed by atoms with E-state index in [1.807, 2.05) is 39.0 Å². The number of rotatable bonds is 7. The van der Waals surface area contributed by atoms with Gasteiger partial charge in [0.1, 0.15) is 18.8 Å². The SMILES string of the molecule is CC(=O)Nc1cc(C)cc(COc2c(C)cc(NC(=O)CC(=O)O)cc2C)c1. The minimum absolute atomic E-state index is 0.135. The molecule has 0 aliphatic heterocycles. The van der Waals surface area contributed by atoms with Crippen LogP contribution < -0.4 is 15.4 Å². The lowest BCUT2D eigenvalue weighted by Gasteiger charge is -2.15. The Bertz CT molecular complexity index is 898. The Hall–Kier alpha value is -3.35. The molecule has 7 heteroatoms. The first-order chi connectivity index (χ1) is 13.1. The van der Waals surface area contributed by atoms with Gasteiger partial charge in [0, 0.05) is 18.3 Å². The molecule has 0 aromatic heterocycles. The van der Waals surface area contributed by atoms with Crippen LogP contribution in [0.4, 0.5) is 11.4 Å². The van der Waals surface area contributed by atoms with Crippen molar-refractivity contribution < 1.29 is 24.2 Å². The number of benzene rings is 2. The zero-order valence-corrected chi connectivity index (χ0v) is 16.4. The Morgan fingerprint density at radius 1 is 0.929 bits per heavy atom. The van der Waals surface area contributed by atoms with Gasteiger partial charge in [-0.05, 0) is 67.3 Å². The molecule has 0 radical (unpaired) electrons. The molecule has 0 spiro atoms. The number of nitrogens with one attached hydrogen (secondary N) is 2.